The Morgan fingerprint density at radius 1 is 1.16 bits per heavy atom. The average Bonchev–Trinajstić information content (AvgIpc) is 3.32. The monoisotopic (exact) mass is 457 g/mol. The number of rotatable bonds is 4. The fourth-order valence-corrected chi connectivity index (χ4v) is 6.20. The van der Waals surface area contributed by atoms with E-state index in [1.165, 1.54) is 7.11 Å². The van der Waals surface area contributed by atoms with E-state index >= 15 is 0 Å². The number of hydrogen-bond acceptors (Lipinski definition) is 8. The standard InChI is InChI=1S/C23H23NO7S/c1-28-19-5-3-4-14(22(19)29-2)10-20-21(25)16-6-7-18-17(23(16)31-20)11-24(13-30-18)15-8-9-32(26,27)12-15/h3-7,10,15H,8-9,11-13H2,1-2H3/b20-10+. The highest BCUT2D eigenvalue weighted by Crippen LogP contribution is 2.43. The van der Waals surface area contributed by atoms with E-state index in [-0.39, 0.29) is 29.1 Å². The lowest BCUT2D eigenvalue weighted by molar-refractivity contribution is 0.0634. The van der Waals surface area contributed by atoms with Gasteiger partial charge in [-0.1, -0.05) is 12.1 Å². The molecule has 3 heterocycles. The lowest BCUT2D eigenvalue weighted by Crippen LogP contribution is -2.41. The molecule has 8 nitrogen and oxygen atoms in total. The third kappa shape index (κ3) is 3.51. The van der Waals surface area contributed by atoms with Gasteiger partial charge in [0, 0.05) is 18.2 Å². The van der Waals surface area contributed by atoms with Gasteiger partial charge in [0.15, 0.2) is 27.1 Å². The second-order valence-corrected chi connectivity index (χ2v) is 10.2. The Labute approximate surface area is 186 Å². The molecule has 1 atom stereocenters. The quantitative estimate of drug-likeness (QED) is 0.648. The van der Waals surface area contributed by atoms with Crippen LogP contribution in [0.4, 0.5) is 0 Å². The van der Waals surface area contributed by atoms with E-state index in [9.17, 15) is 13.2 Å². The molecule has 0 N–H and O–H groups in total. The van der Waals surface area contributed by atoms with Crippen LogP contribution in [0.1, 0.15) is 27.9 Å². The number of allylic oxidation sites excluding steroid dienone is 1. The van der Waals surface area contributed by atoms with Gasteiger partial charge in [-0.25, -0.2) is 8.42 Å². The van der Waals surface area contributed by atoms with Crippen molar-refractivity contribution in [1.82, 2.24) is 4.90 Å². The van der Waals surface area contributed by atoms with Crippen molar-refractivity contribution >= 4 is 21.7 Å². The summed E-state index contributed by atoms with van der Waals surface area (Å²) in [6.07, 6.45) is 2.22. The molecule has 1 saturated heterocycles. The first kappa shape index (κ1) is 20.8. The van der Waals surface area contributed by atoms with Gasteiger partial charge in [0.05, 0.1) is 36.9 Å². The second-order valence-electron chi connectivity index (χ2n) is 8.02. The molecular formula is C23H23NO7S. The molecule has 5 rings (SSSR count). The predicted octanol–water partition coefficient (Wildman–Crippen LogP) is 2.66. The minimum absolute atomic E-state index is 0.0998. The Morgan fingerprint density at radius 2 is 2.00 bits per heavy atom. The van der Waals surface area contributed by atoms with Crippen LogP contribution < -0.4 is 18.9 Å². The first-order chi connectivity index (χ1) is 15.4. The second kappa shape index (κ2) is 7.83. The first-order valence-electron chi connectivity index (χ1n) is 10.3. The lowest BCUT2D eigenvalue weighted by Gasteiger charge is -2.33. The van der Waals surface area contributed by atoms with Crippen molar-refractivity contribution in [3.8, 4) is 23.0 Å². The summed E-state index contributed by atoms with van der Waals surface area (Å²) in [7, 11) is 0.0782. The molecule has 0 amide bonds. The summed E-state index contributed by atoms with van der Waals surface area (Å²) in [5.41, 5.74) is 1.87. The molecule has 0 radical (unpaired) electrons. The number of Topliss-reactive ketones (excluding diaryl/α,β-unsaturated/α-hetero) is 1. The Bertz CT molecular complexity index is 1240. The molecule has 0 aromatic heterocycles. The van der Waals surface area contributed by atoms with Crippen LogP contribution in [0.5, 0.6) is 23.0 Å². The van der Waals surface area contributed by atoms with E-state index in [4.69, 9.17) is 18.9 Å². The molecule has 1 fully saturated rings. The van der Waals surface area contributed by atoms with Gasteiger partial charge in [-0.05, 0) is 30.7 Å². The lowest BCUT2D eigenvalue weighted by atomic mass is 10.0. The topological polar surface area (TPSA) is 91.4 Å². The van der Waals surface area contributed by atoms with Crippen LogP contribution >= 0.6 is 0 Å². The average molecular weight is 458 g/mol. The number of hydrogen-bond donors (Lipinski definition) is 0. The first-order valence-corrected chi connectivity index (χ1v) is 12.1. The number of methoxy groups -OCH3 is 2. The third-order valence-corrected chi connectivity index (χ3v) is 7.84. The molecule has 2 aromatic carbocycles. The van der Waals surface area contributed by atoms with Gasteiger partial charge in [0.25, 0.3) is 0 Å². The number of ketones is 1. The summed E-state index contributed by atoms with van der Waals surface area (Å²) < 4.78 is 46.5. The Hall–Kier alpha value is -3.04. The molecule has 1 unspecified atom stereocenters. The number of sulfone groups is 1. The smallest absolute Gasteiger partial charge is 0.231 e. The van der Waals surface area contributed by atoms with Crippen LogP contribution in [0.25, 0.3) is 6.08 Å². The maximum Gasteiger partial charge on any atom is 0.231 e. The van der Waals surface area contributed by atoms with Crippen LogP contribution in [-0.2, 0) is 16.4 Å². The van der Waals surface area contributed by atoms with Crippen molar-refractivity contribution in [3.05, 3.63) is 52.8 Å². The Kier molecular flexibility index (Phi) is 5.10. The summed E-state index contributed by atoms with van der Waals surface area (Å²) in [4.78, 5) is 15.1. The van der Waals surface area contributed by atoms with Gasteiger partial charge in [0.2, 0.25) is 5.78 Å². The van der Waals surface area contributed by atoms with E-state index in [1.54, 1.807) is 31.4 Å². The van der Waals surface area contributed by atoms with E-state index in [1.807, 2.05) is 17.0 Å². The van der Waals surface area contributed by atoms with Gasteiger partial charge in [0.1, 0.15) is 18.2 Å². The minimum Gasteiger partial charge on any atom is -0.493 e. The zero-order chi connectivity index (χ0) is 22.5. The Balaban J connectivity index is 1.47. The minimum atomic E-state index is -3.01. The summed E-state index contributed by atoms with van der Waals surface area (Å²) >= 11 is 0. The molecule has 3 aliphatic heterocycles. The number of carbonyl (C=O) groups is 1. The molecule has 0 saturated carbocycles. The van der Waals surface area contributed by atoms with E-state index in [0.29, 0.717) is 53.8 Å². The number of nitrogens with zero attached hydrogens (tertiary/aromatic N) is 1. The number of para-hydroxylation sites is 1. The highest BCUT2D eigenvalue weighted by atomic mass is 32.2. The van der Waals surface area contributed by atoms with Gasteiger partial charge >= 0.3 is 0 Å². The fourth-order valence-electron chi connectivity index (χ4n) is 4.44. The van der Waals surface area contributed by atoms with Gasteiger partial charge in [-0.3, -0.25) is 9.69 Å². The normalized spacial score (nSPS) is 22.8. The number of benzene rings is 2. The van der Waals surface area contributed by atoms with Crippen LogP contribution in [0.15, 0.2) is 36.1 Å². The molecule has 9 heteroatoms. The maximum atomic E-state index is 13.1. The molecule has 2 aromatic rings. The SMILES string of the molecule is COc1cccc(/C=C2/Oc3c(ccc4c3CN(C3CCS(=O)(=O)C3)CO4)C2=O)c1OC. The molecule has 0 aliphatic carbocycles. The molecule has 0 bridgehead atoms. The summed E-state index contributed by atoms with van der Waals surface area (Å²) in [5.74, 6) is 2.44. The van der Waals surface area contributed by atoms with Gasteiger partial charge in [-0.15, -0.1) is 0 Å². The van der Waals surface area contributed by atoms with Crippen LogP contribution in [0.3, 0.4) is 0 Å². The van der Waals surface area contributed by atoms with Crippen LogP contribution in [0.2, 0.25) is 0 Å². The zero-order valence-electron chi connectivity index (χ0n) is 17.8. The predicted molar refractivity (Wildman–Crippen MR) is 117 cm³/mol. The van der Waals surface area contributed by atoms with Crippen molar-refractivity contribution in [2.45, 2.75) is 19.0 Å². The molecule has 168 valence electrons. The fraction of sp³-hybridized carbons (Fsp3) is 0.348. The summed E-state index contributed by atoms with van der Waals surface area (Å²) in [5, 5.41) is 0. The van der Waals surface area contributed by atoms with Crippen molar-refractivity contribution in [2.75, 3.05) is 32.5 Å². The van der Waals surface area contributed by atoms with Crippen molar-refractivity contribution in [1.29, 1.82) is 0 Å². The number of fused-ring (bicyclic) bond motifs is 3. The van der Waals surface area contributed by atoms with Crippen molar-refractivity contribution in [2.24, 2.45) is 0 Å². The Morgan fingerprint density at radius 3 is 2.72 bits per heavy atom. The van der Waals surface area contributed by atoms with E-state index < -0.39 is 9.84 Å². The van der Waals surface area contributed by atoms with Gasteiger partial charge < -0.3 is 18.9 Å². The largest absolute Gasteiger partial charge is 0.493 e. The molecular weight excluding hydrogens is 434 g/mol. The van der Waals surface area contributed by atoms with Gasteiger partial charge in [-0.2, -0.15) is 0 Å². The molecule has 32 heavy (non-hydrogen) atoms. The van der Waals surface area contributed by atoms with E-state index in [2.05, 4.69) is 0 Å². The highest BCUT2D eigenvalue weighted by molar-refractivity contribution is 7.91. The third-order valence-electron chi connectivity index (χ3n) is 6.09. The van der Waals surface area contributed by atoms with Crippen molar-refractivity contribution in [3.63, 3.8) is 0 Å². The van der Waals surface area contributed by atoms with Crippen LogP contribution in [-0.4, -0.2) is 57.6 Å². The van der Waals surface area contributed by atoms with Crippen LogP contribution in [0, 0.1) is 0 Å². The molecule has 3 aliphatic rings. The number of ether oxygens (including phenoxy) is 4. The highest BCUT2D eigenvalue weighted by Gasteiger charge is 2.38. The number of carbonyl (C=O) groups excluding carboxylic acids is 1. The molecule has 0 spiro atoms. The summed E-state index contributed by atoms with van der Waals surface area (Å²) in [6.45, 7) is 0.769. The zero-order valence-corrected chi connectivity index (χ0v) is 18.6. The van der Waals surface area contributed by atoms with E-state index in [0.717, 1.165) is 5.56 Å². The maximum absolute atomic E-state index is 13.1. The summed E-state index contributed by atoms with van der Waals surface area (Å²) in [6, 6.07) is 8.78. The van der Waals surface area contributed by atoms with Crippen molar-refractivity contribution < 1.29 is 32.2 Å².